The van der Waals surface area contributed by atoms with Crippen LogP contribution in [0, 0.1) is 0 Å². The highest BCUT2D eigenvalue weighted by molar-refractivity contribution is 7.90. The molecule has 0 aliphatic rings. The molecule has 3 N–H and O–H groups in total. The van der Waals surface area contributed by atoms with Gasteiger partial charge < -0.3 is 15.8 Å². The first kappa shape index (κ1) is 12.7. The molecule has 7 nitrogen and oxygen atoms in total. The quantitative estimate of drug-likeness (QED) is 0.480. The van der Waals surface area contributed by atoms with E-state index in [1.165, 1.54) is 0 Å². The van der Waals surface area contributed by atoms with Crippen molar-refractivity contribution in [2.75, 3.05) is 18.6 Å². The number of rotatable bonds is 4. The molecule has 0 radical (unpaired) electrons. The molecule has 0 fully saturated rings. The van der Waals surface area contributed by atoms with Gasteiger partial charge in [0.1, 0.15) is 9.84 Å². The molecule has 0 aromatic carbocycles. The van der Waals surface area contributed by atoms with Crippen LogP contribution in [0.5, 0.6) is 0 Å². The van der Waals surface area contributed by atoms with Crippen molar-refractivity contribution < 1.29 is 22.7 Å². The second-order valence-electron chi connectivity index (χ2n) is 2.62. The topological polar surface area (TPSA) is 116 Å². The van der Waals surface area contributed by atoms with Crippen molar-refractivity contribution in [3.05, 3.63) is 0 Å². The Balaban J connectivity index is 3.56. The number of nitrogens with two attached hydrogens (primary N) is 1. The van der Waals surface area contributed by atoms with Gasteiger partial charge in [-0.05, 0) is 6.42 Å². The first-order chi connectivity index (χ1) is 6.31. The second kappa shape index (κ2) is 5.43. The Bertz CT molecular complexity index is 310. The summed E-state index contributed by atoms with van der Waals surface area (Å²) in [7, 11) is -3.03. The van der Waals surface area contributed by atoms with Crippen molar-refractivity contribution in [1.29, 1.82) is 0 Å². The third-order valence-corrected chi connectivity index (χ3v) is 2.18. The standard InChI is InChI=1S/C6H12N2O5S/c1-14(11,12)4-2-3-8-6(10)13-5(7)9/h2-4H2,1H3,(H2,7,9)(H,8,10). The summed E-state index contributed by atoms with van der Waals surface area (Å²) in [6.45, 7) is 0.110. The first-order valence-corrected chi connectivity index (χ1v) is 5.80. The van der Waals surface area contributed by atoms with E-state index in [0.717, 1.165) is 6.26 Å². The van der Waals surface area contributed by atoms with Crippen LogP contribution in [0.4, 0.5) is 9.59 Å². The lowest BCUT2D eigenvalue weighted by Crippen LogP contribution is -2.30. The number of hydrogen-bond donors (Lipinski definition) is 2. The number of sulfone groups is 1. The number of ether oxygens (including phenoxy) is 1. The number of carbonyl (C=O) groups is 2. The highest BCUT2D eigenvalue weighted by atomic mass is 32.2. The molecular weight excluding hydrogens is 212 g/mol. The molecule has 0 saturated carbocycles. The molecule has 0 aromatic rings. The Labute approximate surface area is 81.5 Å². The monoisotopic (exact) mass is 224 g/mol. The SMILES string of the molecule is CS(=O)(=O)CCCNC(=O)OC(N)=O. The van der Waals surface area contributed by atoms with E-state index in [9.17, 15) is 18.0 Å². The van der Waals surface area contributed by atoms with Crippen LogP contribution in [0.1, 0.15) is 6.42 Å². The van der Waals surface area contributed by atoms with Crippen molar-refractivity contribution in [2.45, 2.75) is 6.42 Å². The fraction of sp³-hybridized carbons (Fsp3) is 0.667. The van der Waals surface area contributed by atoms with Crippen LogP contribution in [0.15, 0.2) is 0 Å². The largest absolute Gasteiger partial charge is 0.416 e. The number of hydrogen-bond acceptors (Lipinski definition) is 5. The maximum Gasteiger partial charge on any atom is 0.416 e. The highest BCUT2D eigenvalue weighted by Gasteiger charge is 2.06. The minimum atomic E-state index is -3.03. The van der Waals surface area contributed by atoms with Crippen LogP contribution in [-0.2, 0) is 14.6 Å². The van der Waals surface area contributed by atoms with Crippen LogP contribution in [0.3, 0.4) is 0 Å². The van der Waals surface area contributed by atoms with Crippen LogP contribution >= 0.6 is 0 Å². The van der Waals surface area contributed by atoms with Crippen LogP contribution in [-0.4, -0.2) is 39.2 Å². The molecule has 0 aromatic heterocycles. The number of primary amides is 1. The molecule has 0 spiro atoms. The molecule has 0 rings (SSSR count). The lowest BCUT2D eigenvalue weighted by molar-refractivity contribution is 0.157. The summed E-state index contributed by atoms with van der Waals surface area (Å²) in [5, 5.41) is 2.16. The summed E-state index contributed by atoms with van der Waals surface area (Å²) >= 11 is 0. The van der Waals surface area contributed by atoms with Gasteiger partial charge in [-0.2, -0.15) is 0 Å². The Hall–Kier alpha value is -1.31. The first-order valence-electron chi connectivity index (χ1n) is 3.74. The number of amides is 2. The summed E-state index contributed by atoms with van der Waals surface area (Å²) in [5.74, 6) is -0.0378. The fourth-order valence-corrected chi connectivity index (χ4v) is 1.32. The van der Waals surface area contributed by atoms with Gasteiger partial charge in [-0.1, -0.05) is 0 Å². The maximum atomic E-state index is 10.6. The minimum Gasteiger partial charge on any atom is -0.360 e. The van der Waals surface area contributed by atoms with Crippen molar-refractivity contribution >= 4 is 22.0 Å². The average Bonchev–Trinajstić information content (AvgIpc) is 1.95. The van der Waals surface area contributed by atoms with E-state index in [2.05, 4.69) is 15.8 Å². The van der Waals surface area contributed by atoms with Gasteiger partial charge in [-0.15, -0.1) is 0 Å². The van der Waals surface area contributed by atoms with Gasteiger partial charge in [0.2, 0.25) is 0 Å². The molecule has 0 unspecified atom stereocenters. The zero-order chi connectivity index (χ0) is 11.2. The Kier molecular flexibility index (Phi) is 4.92. The predicted molar refractivity (Wildman–Crippen MR) is 48.4 cm³/mol. The van der Waals surface area contributed by atoms with Crippen LogP contribution in [0.2, 0.25) is 0 Å². The smallest absolute Gasteiger partial charge is 0.360 e. The Morgan fingerprint density at radius 1 is 1.43 bits per heavy atom. The summed E-state index contributed by atoms with van der Waals surface area (Å²) in [5.41, 5.74) is 4.55. The third kappa shape index (κ3) is 8.78. The number of alkyl carbamates (subject to hydrolysis) is 1. The van der Waals surface area contributed by atoms with E-state index in [1.54, 1.807) is 0 Å². The maximum absolute atomic E-state index is 10.6. The molecule has 14 heavy (non-hydrogen) atoms. The molecule has 0 heterocycles. The minimum absolute atomic E-state index is 0.0378. The normalized spacial score (nSPS) is 10.6. The van der Waals surface area contributed by atoms with Gasteiger partial charge in [-0.25, -0.2) is 18.0 Å². The zero-order valence-electron chi connectivity index (χ0n) is 7.65. The molecule has 2 amide bonds. The Morgan fingerprint density at radius 3 is 2.43 bits per heavy atom. The van der Waals surface area contributed by atoms with E-state index >= 15 is 0 Å². The van der Waals surface area contributed by atoms with Gasteiger partial charge in [0.15, 0.2) is 0 Å². The van der Waals surface area contributed by atoms with Gasteiger partial charge in [0.25, 0.3) is 0 Å². The lowest BCUT2D eigenvalue weighted by Gasteiger charge is -2.02. The van der Waals surface area contributed by atoms with Crippen molar-refractivity contribution in [2.24, 2.45) is 5.73 Å². The van der Waals surface area contributed by atoms with Gasteiger partial charge in [-0.3, -0.25) is 0 Å². The van der Waals surface area contributed by atoms with Gasteiger partial charge >= 0.3 is 12.2 Å². The summed E-state index contributed by atoms with van der Waals surface area (Å²) in [4.78, 5) is 20.6. The third-order valence-electron chi connectivity index (χ3n) is 1.15. The van der Waals surface area contributed by atoms with Gasteiger partial charge in [0, 0.05) is 12.8 Å². The Morgan fingerprint density at radius 2 is 2.00 bits per heavy atom. The summed E-state index contributed by atoms with van der Waals surface area (Å²) in [6, 6.07) is 0. The molecule has 8 heteroatoms. The van der Waals surface area contributed by atoms with Crippen molar-refractivity contribution in [3.63, 3.8) is 0 Å². The zero-order valence-corrected chi connectivity index (χ0v) is 8.46. The van der Waals surface area contributed by atoms with Crippen LogP contribution in [0.25, 0.3) is 0 Å². The van der Waals surface area contributed by atoms with Crippen molar-refractivity contribution in [1.82, 2.24) is 5.32 Å². The second-order valence-corrected chi connectivity index (χ2v) is 4.88. The predicted octanol–water partition coefficient (Wildman–Crippen LogP) is -0.774. The van der Waals surface area contributed by atoms with E-state index in [-0.39, 0.29) is 18.7 Å². The van der Waals surface area contributed by atoms with E-state index in [4.69, 9.17) is 0 Å². The molecule has 0 aliphatic heterocycles. The molecule has 0 aliphatic carbocycles. The molecular formula is C6H12N2O5S. The molecule has 0 bridgehead atoms. The molecule has 0 atom stereocenters. The lowest BCUT2D eigenvalue weighted by atomic mass is 10.5. The van der Waals surface area contributed by atoms with E-state index < -0.39 is 22.0 Å². The number of nitrogens with one attached hydrogen (secondary N) is 1. The van der Waals surface area contributed by atoms with Crippen LogP contribution < -0.4 is 11.1 Å². The highest BCUT2D eigenvalue weighted by Crippen LogP contribution is 1.87. The van der Waals surface area contributed by atoms with Crippen molar-refractivity contribution in [3.8, 4) is 0 Å². The van der Waals surface area contributed by atoms with E-state index in [1.807, 2.05) is 0 Å². The summed E-state index contributed by atoms with van der Waals surface area (Å²) in [6.07, 6.45) is -0.835. The van der Waals surface area contributed by atoms with Gasteiger partial charge in [0.05, 0.1) is 5.75 Å². The van der Waals surface area contributed by atoms with E-state index in [0.29, 0.717) is 0 Å². The average molecular weight is 224 g/mol. The molecule has 0 saturated heterocycles. The molecule has 82 valence electrons. The fourth-order valence-electron chi connectivity index (χ4n) is 0.652. The summed E-state index contributed by atoms with van der Waals surface area (Å²) < 4.78 is 25.2. The number of carbonyl (C=O) groups excluding carboxylic acids is 2.